The minimum Gasteiger partial charge on any atom is -0.472 e. The summed E-state index contributed by atoms with van der Waals surface area (Å²) in [5.74, 6) is -1.36. The number of carbonyl (C=O) groups is 3. The predicted octanol–water partition coefficient (Wildman–Crippen LogP) is 3.49. The molecule has 1 aromatic heterocycles. The van der Waals surface area contributed by atoms with Crippen LogP contribution in [0.5, 0.6) is 0 Å². The van der Waals surface area contributed by atoms with Gasteiger partial charge in [0.2, 0.25) is 0 Å². The van der Waals surface area contributed by atoms with Gasteiger partial charge in [-0.1, -0.05) is 19.0 Å². The van der Waals surface area contributed by atoms with Crippen molar-refractivity contribution in [3.05, 3.63) is 24.2 Å². The highest BCUT2D eigenvalue weighted by Gasteiger charge is 2.89. The Kier molecular flexibility index (Phi) is 4.65. The molecule has 9 atom stereocenters. The highest BCUT2D eigenvalue weighted by molar-refractivity contribution is 5.97. The second-order valence-corrected chi connectivity index (χ2v) is 12.9. The fraction of sp³-hybridized carbons (Fsp3) is 0.714. The Morgan fingerprint density at radius 2 is 1.87 bits per heavy atom. The molecule has 0 unspecified atom stereocenters. The van der Waals surface area contributed by atoms with Crippen LogP contribution in [0.3, 0.4) is 0 Å². The van der Waals surface area contributed by atoms with E-state index in [1.54, 1.807) is 12.5 Å². The Hall–Kier alpha value is -2.72. The summed E-state index contributed by atoms with van der Waals surface area (Å²) in [6.07, 6.45) is 3.57. The van der Waals surface area contributed by atoms with E-state index in [1.165, 1.54) is 6.92 Å². The molecule has 10 heteroatoms. The number of ether oxygens (including phenoxy) is 4. The lowest BCUT2D eigenvalue weighted by atomic mass is 9.37. The van der Waals surface area contributed by atoms with Crippen LogP contribution in [-0.2, 0) is 38.2 Å². The van der Waals surface area contributed by atoms with Crippen molar-refractivity contribution in [2.75, 3.05) is 6.61 Å². The van der Waals surface area contributed by atoms with Crippen molar-refractivity contribution in [1.29, 1.82) is 0 Å². The Labute approximate surface area is 220 Å². The second-order valence-electron chi connectivity index (χ2n) is 12.9. The topological polar surface area (TPSA) is 126 Å². The van der Waals surface area contributed by atoms with Crippen molar-refractivity contribution in [3.8, 4) is 0 Å². The van der Waals surface area contributed by atoms with Crippen LogP contribution in [0.4, 0.5) is 0 Å². The van der Waals surface area contributed by atoms with Gasteiger partial charge >= 0.3 is 17.9 Å². The van der Waals surface area contributed by atoms with E-state index in [-0.39, 0.29) is 36.9 Å². The van der Waals surface area contributed by atoms with Gasteiger partial charge in [-0.15, -0.1) is 0 Å². The molecule has 10 nitrogen and oxygen atoms in total. The zero-order valence-corrected chi connectivity index (χ0v) is 22.3. The Morgan fingerprint density at radius 1 is 1.08 bits per heavy atom. The van der Waals surface area contributed by atoms with Crippen LogP contribution in [0.15, 0.2) is 28.2 Å². The molecule has 2 saturated carbocycles. The van der Waals surface area contributed by atoms with E-state index >= 15 is 0 Å². The zero-order chi connectivity index (χ0) is 26.9. The largest absolute Gasteiger partial charge is 0.472 e. The van der Waals surface area contributed by atoms with Gasteiger partial charge in [0, 0.05) is 34.7 Å². The fourth-order valence-electron chi connectivity index (χ4n) is 9.61. The van der Waals surface area contributed by atoms with Crippen LogP contribution >= 0.6 is 0 Å². The van der Waals surface area contributed by atoms with E-state index in [0.29, 0.717) is 18.6 Å². The molecule has 0 N–H and O–H groups in total. The number of epoxide rings is 1. The molecule has 0 radical (unpaired) electrons. The maximum atomic E-state index is 13.4. The van der Waals surface area contributed by atoms with Crippen molar-refractivity contribution in [2.24, 2.45) is 33.2 Å². The lowest BCUT2D eigenvalue weighted by Gasteiger charge is -2.65. The van der Waals surface area contributed by atoms with Crippen molar-refractivity contribution in [1.82, 2.24) is 0 Å². The summed E-state index contributed by atoms with van der Waals surface area (Å²) in [7, 11) is 0. The maximum absolute atomic E-state index is 13.4. The lowest BCUT2D eigenvalue weighted by molar-refractivity contribution is -0.209. The highest BCUT2D eigenvalue weighted by atomic mass is 16.7. The van der Waals surface area contributed by atoms with Crippen molar-refractivity contribution < 1.29 is 42.6 Å². The highest BCUT2D eigenvalue weighted by Crippen LogP contribution is 2.80. The Balaban J connectivity index is 1.44. The van der Waals surface area contributed by atoms with E-state index in [0.717, 1.165) is 12.0 Å². The van der Waals surface area contributed by atoms with Gasteiger partial charge in [0.15, 0.2) is 6.10 Å². The number of fused-ring (bicyclic) bond motifs is 1. The second kappa shape index (κ2) is 7.27. The molecule has 0 bridgehead atoms. The summed E-state index contributed by atoms with van der Waals surface area (Å²) in [6.45, 7) is 9.84. The summed E-state index contributed by atoms with van der Waals surface area (Å²) in [5, 5.41) is 4.47. The molecule has 6 fully saturated rings. The van der Waals surface area contributed by atoms with E-state index in [9.17, 15) is 14.4 Å². The third-order valence-corrected chi connectivity index (χ3v) is 11.1. The molecule has 0 amide bonds. The number of furan rings is 1. The quantitative estimate of drug-likeness (QED) is 0.246. The number of rotatable bonds is 2. The van der Waals surface area contributed by atoms with E-state index in [1.807, 2.05) is 19.9 Å². The average Bonchev–Trinajstić information content (AvgIpc) is 3.33. The summed E-state index contributed by atoms with van der Waals surface area (Å²) < 4.78 is 30.3. The normalized spacial score (nSPS) is 49.0. The monoisotopic (exact) mass is 527 g/mol. The molecule has 2 aliphatic carbocycles. The molecule has 38 heavy (non-hydrogen) atoms. The number of esters is 2. The molecule has 1 aromatic rings. The van der Waals surface area contributed by atoms with Gasteiger partial charge in [-0.2, -0.15) is 0 Å². The number of cyclic esters (lactones) is 2. The number of hydrogen-bond donors (Lipinski definition) is 0. The lowest BCUT2D eigenvalue weighted by Crippen LogP contribution is -2.72. The molecule has 4 saturated heterocycles. The minimum atomic E-state index is -0.961. The van der Waals surface area contributed by atoms with Crippen LogP contribution in [0.25, 0.3) is 0 Å². The van der Waals surface area contributed by atoms with Crippen LogP contribution < -0.4 is 0 Å². The first-order valence-corrected chi connectivity index (χ1v) is 13.4. The van der Waals surface area contributed by atoms with Gasteiger partial charge in [0.05, 0.1) is 36.4 Å². The van der Waals surface area contributed by atoms with Crippen LogP contribution in [0.2, 0.25) is 0 Å². The van der Waals surface area contributed by atoms with Gasteiger partial charge in [-0.05, 0) is 45.1 Å². The molecule has 6 aliphatic rings. The van der Waals surface area contributed by atoms with E-state index in [4.69, 9.17) is 28.2 Å². The standard InChI is InChI=1S/C28H33NO9/c1-14(30)38-29-18-10-17-24(2,3)36-19-11-20(31)34-13-27(17,19)16-6-8-25(4)21(15-7-9-33-12-15)35-23(32)22-28(25,37-22)26(16,18)5/h7,9,12,16-17,19,21-22H,6,8,10-11,13H2,1-5H3/b29-18+/t16-,17-,19-,21-,22+,25-,26+,27+,28-/m0/s1. The minimum absolute atomic E-state index is 0.0429. The van der Waals surface area contributed by atoms with Crippen LogP contribution in [-0.4, -0.2) is 53.6 Å². The first-order valence-electron chi connectivity index (χ1n) is 13.4. The SMILES string of the molecule is CC(=O)O/N=C1\C[C@H]2C(C)(C)O[C@H]3CC(=O)OC[C@]32[C@H]2CC[C@@]3(C)[C@H](c4ccoc4)OC(=O)[C@H]4O[C@@]43[C@@]12C. The third kappa shape index (κ3) is 2.61. The first kappa shape index (κ1) is 24.3. The molecular formula is C28H33NO9. The molecular weight excluding hydrogens is 494 g/mol. The van der Waals surface area contributed by atoms with Crippen molar-refractivity contribution in [3.63, 3.8) is 0 Å². The molecule has 4 aliphatic heterocycles. The molecule has 5 heterocycles. The Bertz CT molecular complexity index is 1270. The molecule has 7 rings (SSSR count). The van der Waals surface area contributed by atoms with E-state index in [2.05, 4.69) is 19.0 Å². The third-order valence-electron chi connectivity index (χ3n) is 11.1. The number of hydrogen-bond acceptors (Lipinski definition) is 10. The number of carbonyl (C=O) groups excluding carboxylic acids is 3. The van der Waals surface area contributed by atoms with E-state index < -0.39 is 51.6 Å². The van der Waals surface area contributed by atoms with Crippen molar-refractivity contribution in [2.45, 2.75) is 89.8 Å². The van der Waals surface area contributed by atoms with Gasteiger partial charge in [-0.25, -0.2) is 9.59 Å². The Morgan fingerprint density at radius 3 is 2.58 bits per heavy atom. The maximum Gasteiger partial charge on any atom is 0.339 e. The summed E-state index contributed by atoms with van der Waals surface area (Å²) >= 11 is 0. The average molecular weight is 528 g/mol. The zero-order valence-electron chi connectivity index (χ0n) is 22.3. The summed E-state index contributed by atoms with van der Waals surface area (Å²) in [6, 6.07) is 1.82. The first-order chi connectivity index (χ1) is 17.9. The fourth-order valence-corrected chi connectivity index (χ4v) is 9.61. The van der Waals surface area contributed by atoms with Crippen LogP contribution in [0.1, 0.15) is 72.0 Å². The summed E-state index contributed by atoms with van der Waals surface area (Å²) in [4.78, 5) is 43.1. The van der Waals surface area contributed by atoms with Gasteiger partial charge in [-0.3, -0.25) is 4.79 Å². The van der Waals surface area contributed by atoms with Crippen molar-refractivity contribution >= 4 is 23.6 Å². The van der Waals surface area contributed by atoms with Crippen LogP contribution in [0, 0.1) is 28.1 Å². The number of nitrogens with zero attached hydrogens (tertiary/aromatic N) is 1. The molecule has 2 spiro atoms. The molecule has 204 valence electrons. The van der Waals surface area contributed by atoms with Gasteiger partial charge in [0.25, 0.3) is 0 Å². The smallest absolute Gasteiger partial charge is 0.339 e. The predicted molar refractivity (Wildman–Crippen MR) is 128 cm³/mol. The van der Waals surface area contributed by atoms with Gasteiger partial charge in [0.1, 0.15) is 18.3 Å². The number of oxime groups is 1. The van der Waals surface area contributed by atoms with Gasteiger partial charge < -0.3 is 28.2 Å². The summed E-state index contributed by atoms with van der Waals surface area (Å²) in [5.41, 5.74) is -2.02. The molecule has 0 aromatic carbocycles.